The number of aliphatic carboxylic acids is 2. The van der Waals surface area contributed by atoms with Crippen molar-refractivity contribution in [3.8, 4) is 5.75 Å². The number of alkyl halides is 3. The predicted molar refractivity (Wildman–Crippen MR) is 149 cm³/mol. The van der Waals surface area contributed by atoms with Crippen molar-refractivity contribution in [3.05, 3.63) is 60.3 Å². The second-order valence-electron chi connectivity index (χ2n) is 8.22. The molecule has 12 nitrogen and oxygen atoms in total. The summed E-state index contributed by atoms with van der Waals surface area (Å²) in [6, 6.07) is 12.3. The largest absolute Gasteiger partial charge is 0.492 e. The van der Waals surface area contributed by atoms with E-state index in [0.717, 1.165) is 16.5 Å². The molecule has 2 aromatic carbocycles. The van der Waals surface area contributed by atoms with Crippen molar-refractivity contribution in [1.29, 1.82) is 0 Å². The zero-order valence-corrected chi connectivity index (χ0v) is 23.3. The van der Waals surface area contributed by atoms with Crippen molar-refractivity contribution >= 4 is 62.2 Å². The van der Waals surface area contributed by atoms with Crippen molar-refractivity contribution < 1.29 is 50.9 Å². The molecular weight excluding hydrogens is 605 g/mol. The van der Waals surface area contributed by atoms with Gasteiger partial charge in [-0.1, -0.05) is 18.2 Å². The second kappa shape index (κ2) is 15.0. The van der Waals surface area contributed by atoms with Crippen molar-refractivity contribution in [2.24, 2.45) is 0 Å². The zero-order valence-electron chi connectivity index (χ0n) is 21.7. The Hall–Kier alpha value is -4.35. The number of hydrogen-bond donors (Lipinski definition) is 5. The van der Waals surface area contributed by atoms with E-state index in [1.165, 1.54) is 18.2 Å². The highest BCUT2D eigenvalue weighted by atomic mass is 32.2. The van der Waals surface area contributed by atoms with Gasteiger partial charge in [0.15, 0.2) is 5.11 Å². The summed E-state index contributed by atoms with van der Waals surface area (Å²) in [6.07, 6.45) is -3.36. The molecule has 0 spiro atoms. The monoisotopic (exact) mass is 630 g/mol. The van der Waals surface area contributed by atoms with E-state index < -0.39 is 40.6 Å². The average molecular weight is 631 g/mol. The summed E-state index contributed by atoms with van der Waals surface area (Å²) >= 11 is 5.10. The number of carboxylic acids is 2. The number of carboxylic acid groups (broad SMARTS) is 2. The maximum absolute atomic E-state index is 13.0. The lowest BCUT2D eigenvalue weighted by atomic mass is 10.1. The van der Waals surface area contributed by atoms with Crippen LogP contribution in [0.25, 0.3) is 10.9 Å². The SMILES string of the molecule is CNC(=S)Nc1ccc(S(=O)(=O)NC(C=O)CC(=O)O)c(OCCc2cccc3ncccc23)c1.O=C(O)C(F)(F)F. The van der Waals surface area contributed by atoms with Gasteiger partial charge < -0.3 is 30.4 Å². The van der Waals surface area contributed by atoms with Crippen LogP contribution >= 0.6 is 12.2 Å². The van der Waals surface area contributed by atoms with Gasteiger partial charge in [-0.25, -0.2) is 17.9 Å². The number of carbonyl (C=O) groups is 3. The lowest BCUT2D eigenvalue weighted by Crippen LogP contribution is -2.37. The maximum atomic E-state index is 13.0. The molecule has 226 valence electrons. The van der Waals surface area contributed by atoms with Crippen LogP contribution in [0.2, 0.25) is 0 Å². The number of aldehydes is 1. The molecular formula is C25H25F3N4O8S2. The van der Waals surface area contributed by atoms with Gasteiger partial charge in [0.2, 0.25) is 10.0 Å². The number of nitrogens with one attached hydrogen (secondary N) is 3. The summed E-state index contributed by atoms with van der Waals surface area (Å²) in [5, 5.41) is 23.0. The number of anilines is 1. The van der Waals surface area contributed by atoms with E-state index in [4.69, 9.17) is 32.0 Å². The molecule has 1 unspecified atom stereocenters. The molecule has 3 rings (SSSR count). The molecule has 3 aromatic rings. The fraction of sp³-hybridized carbons (Fsp3) is 0.240. The number of hydrogen-bond acceptors (Lipinski definition) is 8. The number of sulfonamides is 1. The molecule has 1 aromatic heterocycles. The summed E-state index contributed by atoms with van der Waals surface area (Å²) in [5.41, 5.74) is 2.29. The third kappa shape index (κ3) is 10.2. The number of benzene rings is 2. The topological polar surface area (TPSA) is 184 Å². The van der Waals surface area contributed by atoms with E-state index in [1.54, 1.807) is 13.2 Å². The summed E-state index contributed by atoms with van der Waals surface area (Å²) in [6.45, 7) is 0.142. The van der Waals surface area contributed by atoms with Gasteiger partial charge in [-0.2, -0.15) is 13.2 Å². The minimum atomic E-state index is -5.08. The molecule has 5 N–H and O–H groups in total. The zero-order chi connectivity index (χ0) is 31.5. The van der Waals surface area contributed by atoms with E-state index in [1.807, 2.05) is 30.3 Å². The second-order valence-corrected chi connectivity index (χ2v) is 10.3. The predicted octanol–water partition coefficient (Wildman–Crippen LogP) is 2.73. The van der Waals surface area contributed by atoms with E-state index in [2.05, 4.69) is 20.3 Å². The number of aromatic nitrogens is 1. The Kier molecular flexibility index (Phi) is 12.1. The van der Waals surface area contributed by atoms with Crippen LogP contribution in [-0.2, 0) is 30.8 Å². The number of ether oxygens (including phenoxy) is 1. The number of pyridine rings is 1. The van der Waals surface area contributed by atoms with E-state index in [-0.39, 0.29) is 23.5 Å². The first-order valence-corrected chi connectivity index (χ1v) is 13.6. The quantitative estimate of drug-likeness (QED) is 0.154. The standard InChI is InChI=1S/C23H24N4O6S2.C2HF3O2/c1-24-23(34)26-16-7-8-21(35(31,32)27-17(14-28)13-22(29)30)20(12-16)33-11-9-15-4-2-6-19-18(15)5-3-10-25-19;3-2(4,5)1(6)7/h2-8,10,12,14,17,27H,9,11,13H2,1H3,(H,29,30)(H2,24,26,34);(H,6,7). The number of nitrogens with zero attached hydrogens (tertiary/aromatic N) is 1. The minimum absolute atomic E-state index is 0.0136. The summed E-state index contributed by atoms with van der Waals surface area (Å²) in [4.78, 5) is 35.2. The van der Waals surface area contributed by atoms with Gasteiger partial charge in [0, 0.05) is 36.8 Å². The Bertz CT molecular complexity index is 1550. The molecule has 0 radical (unpaired) electrons. The van der Waals surface area contributed by atoms with Crippen molar-refractivity contribution in [2.75, 3.05) is 19.0 Å². The lowest BCUT2D eigenvalue weighted by molar-refractivity contribution is -0.192. The number of fused-ring (bicyclic) bond motifs is 1. The molecule has 0 bridgehead atoms. The van der Waals surface area contributed by atoms with Crippen LogP contribution in [0.5, 0.6) is 5.75 Å². The first-order chi connectivity index (χ1) is 19.7. The smallest absolute Gasteiger partial charge is 0.490 e. The van der Waals surface area contributed by atoms with Gasteiger partial charge in [0.25, 0.3) is 0 Å². The fourth-order valence-corrected chi connectivity index (χ4v) is 4.75. The number of thiocarbonyl (C=S) groups is 1. The van der Waals surface area contributed by atoms with Crippen LogP contribution in [0, 0.1) is 0 Å². The Morgan fingerprint density at radius 3 is 2.43 bits per heavy atom. The number of rotatable bonds is 11. The van der Waals surface area contributed by atoms with E-state index in [9.17, 15) is 31.2 Å². The first kappa shape index (κ1) is 33.9. The normalized spacial score (nSPS) is 11.9. The third-order valence-corrected chi connectivity index (χ3v) is 7.03. The summed E-state index contributed by atoms with van der Waals surface area (Å²) < 4.78 is 65.7. The molecule has 1 heterocycles. The summed E-state index contributed by atoms with van der Waals surface area (Å²) in [5.74, 6) is -4.06. The lowest BCUT2D eigenvalue weighted by Gasteiger charge is -2.17. The average Bonchev–Trinajstić information content (AvgIpc) is 2.92. The summed E-state index contributed by atoms with van der Waals surface area (Å²) in [7, 11) is -2.65. The molecule has 0 aliphatic rings. The van der Waals surface area contributed by atoms with Crippen LogP contribution < -0.4 is 20.1 Å². The molecule has 0 amide bonds. The number of halogens is 3. The van der Waals surface area contributed by atoms with Gasteiger partial charge in [-0.05, 0) is 42.0 Å². The van der Waals surface area contributed by atoms with E-state index >= 15 is 0 Å². The minimum Gasteiger partial charge on any atom is -0.492 e. The van der Waals surface area contributed by atoms with Crippen LogP contribution in [0.3, 0.4) is 0 Å². The highest BCUT2D eigenvalue weighted by molar-refractivity contribution is 7.89. The molecule has 0 saturated carbocycles. The fourth-order valence-electron chi connectivity index (χ4n) is 3.34. The molecule has 0 saturated heterocycles. The van der Waals surface area contributed by atoms with Crippen LogP contribution in [0.4, 0.5) is 18.9 Å². The Morgan fingerprint density at radius 1 is 1.14 bits per heavy atom. The molecule has 42 heavy (non-hydrogen) atoms. The molecule has 0 fully saturated rings. The highest BCUT2D eigenvalue weighted by Gasteiger charge is 2.38. The third-order valence-electron chi connectivity index (χ3n) is 5.19. The van der Waals surface area contributed by atoms with Crippen molar-refractivity contribution in [1.82, 2.24) is 15.0 Å². The van der Waals surface area contributed by atoms with Gasteiger partial charge in [0.05, 0.1) is 24.6 Å². The van der Waals surface area contributed by atoms with Gasteiger partial charge in [0.1, 0.15) is 16.9 Å². The molecule has 0 aliphatic heterocycles. The number of carbonyl (C=O) groups excluding carboxylic acids is 1. The Balaban J connectivity index is 0.000000782. The van der Waals surface area contributed by atoms with Crippen LogP contribution in [0.15, 0.2) is 59.6 Å². The molecule has 1 atom stereocenters. The molecule has 17 heteroatoms. The van der Waals surface area contributed by atoms with Gasteiger partial charge in [-0.3, -0.25) is 9.78 Å². The van der Waals surface area contributed by atoms with Crippen molar-refractivity contribution in [3.63, 3.8) is 0 Å². The Labute approximate surface area is 242 Å². The van der Waals surface area contributed by atoms with Crippen LogP contribution in [0.1, 0.15) is 12.0 Å². The molecule has 0 aliphatic carbocycles. The maximum Gasteiger partial charge on any atom is 0.490 e. The first-order valence-electron chi connectivity index (χ1n) is 11.8. The van der Waals surface area contributed by atoms with Gasteiger partial charge in [-0.15, -0.1) is 0 Å². The highest BCUT2D eigenvalue weighted by Crippen LogP contribution is 2.28. The van der Waals surface area contributed by atoms with Crippen molar-refractivity contribution in [2.45, 2.75) is 30.0 Å². The van der Waals surface area contributed by atoms with Gasteiger partial charge >= 0.3 is 18.1 Å². The van der Waals surface area contributed by atoms with E-state index in [0.29, 0.717) is 17.2 Å². The Morgan fingerprint density at radius 2 is 1.83 bits per heavy atom. The van der Waals surface area contributed by atoms with Crippen LogP contribution in [-0.4, -0.2) is 72.8 Å².